The summed E-state index contributed by atoms with van der Waals surface area (Å²) in [6.45, 7) is 1.87. The molecule has 0 aliphatic heterocycles. The van der Waals surface area contributed by atoms with Gasteiger partial charge in [-0.1, -0.05) is 60.2 Å². The SMILES string of the molecule is Cc1cccc(C(O)(Cc2ccccc2)C(=O)O)c1. The summed E-state index contributed by atoms with van der Waals surface area (Å²) in [5.41, 5.74) is 0.218. The number of hydrogen-bond acceptors (Lipinski definition) is 2. The summed E-state index contributed by atoms with van der Waals surface area (Å²) in [5, 5.41) is 19.9. The van der Waals surface area contributed by atoms with Crippen LogP contribution >= 0.6 is 0 Å². The fourth-order valence-corrected chi connectivity index (χ4v) is 2.09. The molecule has 0 aliphatic carbocycles. The molecule has 0 amide bonds. The van der Waals surface area contributed by atoms with Crippen LogP contribution in [0.2, 0.25) is 0 Å². The van der Waals surface area contributed by atoms with Gasteiger partial charge in [-0.05, 0) is 18.1 Å². The lowest BCUT2D eigenvalue weighted by Gasteiger charge is -2.24. The van der Waals surface area contributed by atoms with Crippen molar-refractivity contribution < 1.29 is 15.0 Å². The average Bonchev–Trinajstić information content (AvgIpc) is 2.39. The number of aliphatic hydroxyl groups is 1. The molecule has 98 valence electrons. The summed E-state index contributed by atoms with van der Waals surface area (Å²) in [5.74, 6) is -1.23. The van der Waals surface area contributed by atoms with Crippen LogP contribution in [0.5, 0.6) is 0 Å². The lowest BCUT2D eigenvalue weighted by atomic mass is 9.86. The fraction of sp³-hybridized carbons (Fsp3) is 0.188. The number of aryl methyl sites for hydroxylation is 1. The van der Waals surface area contributed by atoms with Crippen molar-refractivity contribution in [2.75, 3.05) is 0 Å². The highest BCUT2D eigenvalue weighted by Crippen LogP contribution is 2.27. The Bertz CT molecular complexity index is 578. The summed E-state index contributed by atoms with van der Waals surface area (Å²) in [6.07, 6.45) is 0.0482. The van der Waals surface area contributed by atoms with Crippen LogP contribution < -0.4 is 0 Å². The predicted octanol–water partition coefficient (Wildman–Crippen LogP) is 2.51. The van der Waals surface area contributed by atoms with Crippen molar-refractivity contribution >= 4 is 5.97 Å². The molecule has 0 heterocycles. The normalized spacial score (nSPS) is 13.8. The van der Waals surface area contributed by atoms with E-state index < -0.39 is 11.6 Å². The molecule has 19 heavy (non-hydrogen) atoms. The zero-order chi connectivity index (χ0) is 13.9. The average molecular weight is 256 g/mol. The Morgan fingerprint density at radius 2 is 1.79 bits per heavy atom. The van der Waals surface area contributed by atoms with Crippen LogP contribution in [0.3, 0.4) is 0 Å². The molecule has 1 atom stereocenters. The summed E-state index contributed by atoms with van der Waals surface area (Å²) in [4.78, 5) is 11.5. The number of aliphatic carboxylic acids is 1. The van der Waals surface area contributed by atoms with Crippen molar-refractivity contribution in [3.8, 4) is 0 Å². The van der Waals surface area contributed by atoms with Gasteiger partial charge in [0.15, 0.2) is 5.60 Å². The molecule has 2 N–H and O–H groups in total. The maximum absolute atomic E-state index is 11.5. The molecule has 0 fully saturated rings. The third-order valence-electron chi connectivity index (χ3n) is 3.15. The van der Waals surface area contributed by atoms with E-state index in [0.717, 1.165) is 11.1 Å². The lowest BCUT2D eigenvalue weighted by molar-refractivity contribution is -0.159. The van der Waals surface area contributed by atoms with Gasteiger partial charge in [-0.3, -0.25) is 0 Å². The van der Waals surface area contributed by atoms with Gasteiger partial charge in [0, 0.05) is 6.42 Å². The minimum Gasteiger partial charge on any atom is -0.479 e. The second-order valence-electron chi connectivity index (χ2n) is 4.70. The van der Waals surface area contributed by atoms with Crippen molar-refractivity contribution in [2.24, 2.45) is 0 Å². The molecular weight excluding hydrogens is 240 g/mol. The number of carbonyl (C=O) groups is 1. The van der Waals surface area contributed by atoms with Crippen molar-refractivity contribution in [3.05, 3.63) is 71.3 Å². The van der Waals surface area contributed by atoms with Gasteiger partial charge in [-0.15, -0.1) is 0 Å². The molecule has 1 unspecified atom stereocenters. The maximum atomic E-state index is 11.5. The number of hydrogen-bond donors (Lipinski definition) is 2. The Labute approximate surface area is 112 Å². The number of benzene rings is 2. The molecule has 0 radical (unpaired) electrons. The molecule has 0 spiro atoms. The first-order valence-corrected chi connectivity index (χ1v) is 6.09. The first-order valence-electron chi connectivity index (χ1n) is 6.09. The molecule has 0 aromatic heterocycles. The first-order chi connectivity index (χ1) is 9.02. The van der Waals surface area contributed by atoms with Gasteiger partial charge in [-0.25, -0.2) is 4.79 Å². The topological polar surface area (TPSA) is 57.5 Å². The van der Waals surface area contributed by atoms with Crippen molar-refractivity contribution in [1.29, 1.82) is 0 Å². The second-order valence-corrected chi connectivity index (χ2v) is 4.70. The van der Waals surface area contributed by atoms with Crippen LogP contribution in [0.15, 0.2) is 54.6 Å². The van der Waals surface area contributed by atoms with Crippen LogP contribution in [0.1, 0.15) is 16.7 Å². The second kappa shape index (κ2) is 5.24. The van der Waals surface area contributed by atoms with E-state index in [9.17, 15) is 15.0 Å². The van der Waals surface area contributed by atoms with Gasteiger partial charge >= 0.3 is 5.97 Å². The highest BCUT2D eigenvalue weighted by Gasteiger charge is 2.38. The minimum atomic E-state index is -1.90. The van der Waals surface area contributed by atoms with E-state index in [2.05, 4.69) is 0 Å². The van der Waals surface area contributed by atoms with E-state index in [-0.39, 0.29) is 6.42 Å². The summed E-state index contributed by atoms with van der Waals surface area (Å²) in [7, 11) is 0. The third kappa shape index (κ3) is 2.83. The lowest BCUT2D eigenvalue weighted by Crippen LogP contribution is -2.38. The van der Waals surface area contributed by atoms with Gasteiger partial charge in [0.05, 0.1) is 0 Å². The van der Waals surface area contributed by atoms with Gasteiger partial charge in [0.1, 0.15) is 0 Å². The molecule has 2 aromatic carbocycles. The smallest absolute Gasteiger partial charge is 0.340 e. The summed E-state index contributed by atoms with van der Waals surface area (Å²) >= 11 is 0. The Hall–Kier alpha value is -2.13. The molecular formula is C16H16O3. The molecule has 2 aromatic rings. The Morgan fingerprint density at radius 3 is 2.37 bits per heavy atom. The van der Waals surface area contributed by atoms with Crippen LogP contribution in [-0.4, -0.2) is 16.2 Å². The zero-order valence-corrected chi connectivity index (χ0v) is 10.7. The van der Waals surface area contributed by atoms with Crippen LogP contribution in [-0.2, 0) is 16.8 Å². The Morgan fingerprint density at radius 1 is 1.11 bits per heavy atom. The van der Waals surface area contributed by atoms with E-state index in [1.165, 1.54) is 0 Å². The zero-order valence-electron chi connectivity index (χ0n) is 10.7. The van der Waals surface area contributed by atoms with Gasteiger partial charge in [-0.2, -0.15) is 0 Å². The minimum absolute atomic E-state index is 0.0482. The molecule has 0 bridgehead atoms. The van der Waals surface area contributed by atoms with E-state index >= 15 is 0 Å². The summed E-state index contributed by atoms with van der Waals surface area (Å²) < 4.78 is 0. The number of carboxylic acid groups (broad SMARTS) is 1. The standard InChI is InChI=1S/C16H16O3/c1-12-6-5-9-14(10-12)16(19,15(17)18)11-13-7-3-2-4-8-13/h2-10,19H,11H2,1H3,(H,17,18). The largest absolute Gasteiger partial charge is 0.479 e. The van der Waals surface area contributed by atoms with E-state index in [1.54, 1.807) is 18.2 Å². The Kier molecular flexibility index (Phi) is 3.67. The highest BCUT2D eigenvalue weighted by atomic mass is 16.4. The Balaban J connectivity index is 2.41. The fourth-order valence-electron chi connectivity index (χ4n) is 2.09. The molecule has 0 aliphatic rings. The van der Waals surface area contributed by atoms with Crippen LogP contribution in [0, 0.1) is 6.92 Å². The molecule has 0 saturated heterocycles. The van der Waals surface area contributed by atoms with Gasteiger partial charge in [0.2, 0.25) is 0 Å². The monoisotopic (exact) mass is 256 g/mol. The quantitative estimate of drug-likeness (QED) is 0.883. The summed E-state index contributed by atoms with van der Waals surface area (Å²) in [6, 6.07) is 16.1. The predicted molar refractivity (Wildman–Crippen MR) is 72.9 cm³/mol. The van der Waals surface area contributed by atoms with Crippen LogP contribution in [0.4, 0.5) is 0 Å². The molecule has 3 nitrogen and oxygen atoms in total. The molecule has 2 rings (SSSR count). The third-order valence-corrected chi connectivity index (χ3v) is 3.15. The van der Waals surface area contributed by atoms with Gasteiger partial charge in [0.25, 0.3) is 0 Å². The van der Waals surface area contributed by atoms with Crippen molar-refractivity contribution in [3.63, 3.8) is 0 Å². The van der Waals surface area contributed by atoms with Crippen molar-refractivity contribution in [1.82, 2.24) is 0 Å². The first kappa shape index (κ1) is 13.3. The highest BCUT2D eigenvalue weighted by molar-refractivity contribution is 5.79. The van der Waals surface area contributed by atoms with Crippen molar-refractivity contribution in [2.45, 2.75) is 18.9 Å². The number of carboxylic acids is 1. The van der Waals surface area contributed by atoms with E-state index in [1.807, 2.05) is 43.3 Å². The van der Waals surface area contributed by atoms with Crippen LogP contribution in [0.25, 0.3) is 0 Å². The van der Waals surface area contributed by atoms with E-state index in [4.69, 9.17) is 0 Å². The number of rotatable bonds is 4. The molecule has 3 heteroatoms. The molecule has 0 saturated carbocycles. The maximum Gasteiger partial charge on any atom is 0.340 e. The van der Waals surface area contributed by atoms with Gasteiger partial charge < -0.3 is 10.2 Å². The van der Waals surface area contributed by atoms with E-state index in [0.29, 0.717) is 5.56 Å².